The molecule has 3 heteroatoms. The van der Waals surface area contributed by atoms with E-state index in [-0.39, 0.29) is 0 Å². The minimum absolute atomic E-state index is 0.334. The second kappa shape index (κ2) is 6.55. The number of nitrogens with one attached hydrogen (secondary N) is 1. The molecule has 2 aliphatic heterocycles. The number of nitrogens with zero attached hydrogens (tertiary/aromatic N) is 1. The van der Waals surface area contributed by atoms with Crippen molar-refractivity contribution in [2.75, 3.05) is 32.8 Å². The molecule has 19 heavy (non-hydrogen) atoms. The third-order valence-corrected chi connectivity index (χ3v) is 4.74. The van der Waals surface area contributed by atoms with Gasteiger partial charge in [-0.3, -0.25) is 4.90 Å². The van der Waals surface area contributed by atoms with Gasteiger partial charge in [0.2, 0.25) is 0 Å². The van der Waals surface area contributed by atoms with Gasteiger partial charge in [0.05, 0.1) is 6.61 Å². The first-order valence-corrected chi connectivity index (χ1v) is 8.06. The zero-order valence-electron chi connectivity index (χ0n) is 13.2. The minimum Gasteiger partial charge on any atom is -0.381 e. The Kier molecular flexibility index (Phi) is 5.27. The third-order valence-electron chi connectivity index (χ3n) is 4.74. The van der Waals surface area contributed by atoms with Gasteiger partial charge < -0.3 is 10.1 Å². The van der Waals surface area contributed by atoms with Gasteiger partial charge in [0, 0.05) is 43.7 Å². The van der Waals surface area contributed by atoms with Gasteiger partial charge in [0.1, 0.15) is 0 Å². The molecule has 0 aliphatic carbocycles. The summed E-state index contributed by atoms with van der Waals surface area (Å²) >= 11 is 0. The third kappa shape index (κ3) is 4.17. The van der Waals surface area contributed by atoms with Crippen LogP contribution in [-0.2, 0) is 4.74 Å². The number of ether oxygens (including phenoxy) is 1. The predicted octanol–water partition coefficient (Wildman–Crippen LogP) is 2.51. The Morgan fingerprint density at radius 3 is 2.68 bits per heavy atom. The van der Waals surface area contributed by atoms with E-state index in [1.807, 2.05) is 0 Å². The molecule has 3 unspecified atom stereocenters. The Morgan fingerprint density at radius 1 is 1.37 bits per heavy atom. The van der Waals surface area contributed by atoms with E-state index in [0.29, 0.717) is 11.5 Å². The quantitative estimate of drug-likeness (QED) is 0.829. The van der Waals surface area contributed by atoms with E-state index in [4.69, 9.17) is 4.74 Å². The molecule has 0 aromatic heterocycles. The Hall–Kier alpha value is -0.120. The van der Waals surface area contributed by atoms with Gasteiger partial charge in [-0.25, -0.2) is 0 Å². The van der Waals surface area contributed by atoms with Gasteiger partial charge >= 0.3 is 0 Å². The maximum Gasteiger partial charge on any atom is 0.0546 e. The molecule has 0 bridgehead atoms. The van der Waals surface area contributed by atoms with Crippen LogP contribution in [0.25, 0.3) is 0 Å². The Bertz CT molecular complexity index is 274. The largest absolute Gasteiger partial charge is 0.381 e. The number of rotatable bonds is 5. The molecule has 0 saturated carbocycles. The Morgan fingerprint density at radius 2 is 2.16 bits per heavy atom. The summed E-state index contributed by atoms with van der Waals surface area (Å²) in [6, 6.07) is 1.31. The van der Waals surface area contributed by atoms with Crippen molar-refractivity contribution in [3.63, 3.8) is 0 Å². The van der Waals surface area contributed by atoms with E-state index in [1.165, 1.54) is 32.4 Å². The second-order valence-electron chi connectivity index (χ2n) is 7.31. The van der Waals surface area contributed by atoms with Gasteiger partial charge in [-0.15, -0.1) is 0 Å². The van der Waals surface area contributed by atoms with Crippen LogP contribution in [0.3, 0.4) is 0 Å². The summed E-state index contributed by atoms with van der Waals surface area (Å²) in [7, 11) is 0. The van der Waals surface area contributed by atoms with Crippen molar-refractivity contribution < 1.29 is 4.74 Å². The fourth-order valence-corrected chi connectivity index (χ4v) is 3.69. The molecule has 112 valence electrons. The maximum absolute atomic E-state index is 5.82. The average Bonchev–Trinajstić information content (AvgIpc) is 2.66. The zero-order chi connectivity index (χ0) is 13.9. The van der Waals surface area contributed by atoms with Gasteiger partial charge in [0.25, 0.3) is 0 Å². The fourth-order valence-electron chi connectivity index (χ4n) is 3.69. The number of hydrogen-bond acceptors (Lipinski definition) is 3. The van der Waals surface area contributed by atoms with Crippen LogP contribution in [0.5, 0.6) is 0 Å². The molecule has 0 aromatic carbocycles. The van der Waals surface area contributed by atoms with Crippen LogP contribution in [0.4, 0.5) is 0 Å². The van der Waals surface area contributed by atoms with Crippen LogP contribution < -0.4 is 5.32 Å². The summed E-state index contributed by atoms with van der Waals surface area (Å²) in [5.41, 5.74) is 0.334. The molecule has 0 amide bonds. The van der Waals surface area contributed by atoms with E-state index < -0.39 is 0 Å². The van der Waals surface area contributed by atoms with Gasteiger partial charge in [-0.05, 0) is 32.1 Å². The van der Waals surface area contributed by atoms with E-state index in [1.54, 1.807) is 0 Å². The van der Waals surface area contributed by atoms with Crippen molar-refractivity contribution in [2.24, 2.45) is 11.3 Å². The molecule has 3 nitrogen and oxygen atoms in total. The van der Waals surface area contributed by atoms with Crippen molar-refractivity contribution in [1.29, 1.82) is 0 Å². The summed E-state index contributed by atoms with van der Waals surface area (Å²) in [5, 5.41) is 3.65. The van der Waals surface area contributed by atoms with Crippen molar-refractivity contribution >= 4 is 0 Å². The lowest BCUT2D eigenvalue weighted by Gasteiger charge is -2.41. The van der Waals surface area contributed by atoms with E-state index in [9.17, 15) is 0 Å². The van der Waals surface area contributed by atoms with Crippen LogP contribution in [0.1, 0.15) is 47.0 Å². The summed E-state index contributed by atoms with van der Waals surface area (Å²) in [6.45, 7) is 14.7. The van der Waals surface area contributed by atoms with Crippen molar-refractivity contribution in [2.45, 2.75) is 59.0 Å². The average molecular weight is 268 g/mol. The molecule has 2 aliphatic rings. The minimum atomic E-state index is 0.334. The molecule has 0 spiro atoms. The van der Waals surface area contributed by atoms with Gasteiger partial charge in [0.15, 0.2) is 0 Å². The highest BCUT2D eigenvalue weighted by molar-refractivity contribution is 4.91. The summed E-state index contributed by atoms with van der Waals surface area (Å²) < 4.78 is 5.82. The SMILES string of the molecule is CC1CC(C)N(CC2(CNC(C)C)CCCOC2)C1. The normalized spacial score (nSPS) is 37.1. The van der Waals surface area contributed by atoms with Crippen LogP contribution in [0.2, 0.25) is 0 Å². The zero-order valence-corrected chi connectivity index (χ0v) is 13.2. The van der Waals surface area contributed by atoms with Crippen LogP contribution in [-0.4, -0.2) is 49.8 Å². The lowest BCUT2D eigenvalue weighted by Crippen LogP contribution is -2.50. The fraction of sp³-hybridized carbons (Fsp3) is 1.00. The molecule has 2 saturated heterocycles. The Labute approximate surface area is 119 Å². The predicted molar refractivity (Wildman–Crippen MR) is 80.4 cm³/mol. The standard InChI is InChI=1S/C16H32N2O/c1-13(2)17-10-16(6-5-7-19-12-16)11-18-9-14(3)8-15(18)4/h13-15,17H,5-12H2,1-4H3. The second-order valence-corrected chi connectivity index (χ2v) is 7.31. The molecule has 3 atom stereocenters. The van der Waals surface area contributed by atoms with Crippen LogP contribution in [0, 0.1) is 11.3 Å². The van der Waals surface area contributed by atoms with Crippen molar-refractivity contribution in [1.82, 2.24) is 10.2 Å². The topological polar surface area (TPSA) is 24.5 Å². The smallest absolute Gasteiger partial charge is 0.0546 e. The first-order valence-electron chi connectivity index (χ1n) is 8.06. The highest BCUT2D eigenvalue weighted by atomic mass is 16.5. The molecular formula is C16H32N2O. The molecule has 0 radical (unpaired) electrons. The van der Waals surface area contributed by atoms with Gasteiger partial charge in [-0.2, -0.15) is 0 Å². The first-order chi connectivity index (χ1) is 9.01. The van der Waals surface area contributed by atoms with E-state index >= 15 is 0 Å². The van der Waals surface area contributed by atoms with Crippen LogP contribution in [0.15, 0.2) is 0 Å². The molecule has 2 fully saturated rings. The number of likely N-dealkylation sites (tertiary alicyclic amines) is 1. The summed E-state index contributed by atoms with van der Waals surface area (Å²) in [5.74, 6) is 0.856. The van der Waals surface area contributed by atoms with E-state index in [2.05, 4.69) is 37.9 Å². The summed E-state index contributed by atoms with van der Waals surface area (Å²) in [4.78, 5) is 2.70. The molecule has 0 aromatic rings. The molecule has 2 rings (SSSR count). The lowest BCUT2D eigenvalue weighted by atomic mass is 9.81. The van der Waals surface area contributed by atoms with Crippen LogP contribution >= 0.6 is 0 Å². The van der Waals surface area contributed by atoms with Gasteiger partial charge in [-0.1, -0.05) is 20.8 Å². The summed E-state index contributed by atoms with van der Waals surface area (Å²) in [6.07, 6.45) is 3.89. The van der Waals surface area contributed by atoms with Crippen molar-refractivity contribution in [3.8, 4) is 0 Å². The molecular weight excluding hydrogens is 236 g/mol. The Balaban J connectivity index is 1.96. The lowest BCUT2D eigenvalue weighted by molar-refractivity contribution is -0.0283. The monoisotopic (exact) mass is 268 g/mol. The highest BCUT2D eigenvalue weighted by Crippen LogP contribution is 2.33. The maximum atomic E-state index is 5.82. The first kappa shape index (κ1) is 15.3. The molecule has 2 heterocycles. The highest BCUT2D eigenvalue weighted by Gasteiger charge is 2.38. The van der Waals surface area contributed by atoms with Crippen molar-refractivity contribution in [3.05, 3.63) is 0 Å². The number of hydrogen-bond donors (Lipinski definition) is 1. The molecule has 1 N–H and O–H groups in total. The van der Waals surface area contributed by atoms with E-state index in [0.717, 1.165) is 31.7 Å².